The lowest BCUT2D eigenvalue weighted by Crippen LogP contribution is -2.27. The molecule has 0 aromatic carbocycles. The van der Waals surface area contributed by atoms with Gasteiger partial charge in [-0.1, -0.05) is 0 Å². The van der Waals surface area contributed by atoms with Crippen molar-refractivity contribution in [3.63, 3.8) is 0 Å². The van der Waals surface area contributed by atoms with Crippen LogP contribution in [0, 0.1) is 19.8 Å². The van der Waals surface area contributed by atoms with Crippen LogP contribution < -0.4 is 10.2 Å². The Balaban J connectivity index is 2.30. The third-order valence-electron chi connectivity index (χ3n) is 3.33. The minimum absolute atomic E-state index is 0.837. The molecule has 4 nitrogen and oxygen atoms in total. The Hall–Kier alpha value is -1.32. The van der Waals surface area contributed by atoms with Gasteiger partial charge in [-0.3, -0.25) is 0 Å². The van der Waals surface area contributed by atoms with E-state index >= 15 is 0 Å². The lowest BCUT2D eigenvalue weighted by Gasteiger charge is -2.24. The number of anilines is 2. The first-order chi connectivity index (χ1) is 8.15. The molecular formula is C13H22N4. The predicted molar refractivity (Wildman–Crippen MR) is 71.7 cm³/mol. The lowest BCUT2D eigenvalue weighted by molar-refractivity contribution is 0.725. The number of nitrogens with zero attached hydrogens (tertiary/aromatic N) is 3. The van der Waals surface area contributed by atoms with E-state index in [1.165, 1.54) is 12.8 Å². The van der Waals surface area contributed by atoms with E-state index in [-0.39, 0.29) is 0 Å². The highest BCUT2D eigenvalue weighted by molar-refractivity contribution is 5.58. The molecule has 17 heavy (non-hydrogen) atoms. The van der Waals surface area contributed by atoms with Crippen LogP contribution in [0.25, 0.3) is 0 Å². The standard InChI is InChI=1S/C13H22N4/c1-5-17(8-11-6-7-11)13-9(2)12(14-4)15-10(3)16-13/h11H,5-8H2,1-4H3,(H,14,15,16). The van der Waals surface area contributed by atoms with Gasteiger partial charge in [-0.05, 0) is 39.5 Å². The quantitative estimate of drug-likeness (QED) is 0.849. The third-order valence-corrected chi connectivity index (χ3v) is 3.33. The highest BCUT2D eigenvalue weighted by Crippen LogP contribution is 2.32. The Bertz CT molecular complexity index is 399. The zero-order valence-electron chi connectivity index (χ0n) is 11.2. The summed E-state index contributed by atoms with van der Waals surface area (Å²) in [5.41, 5.74) is 1.15. The van der Waals surface area contributed by atoms with Crippen molar-refractivity contribution in [2.45, 2.75) is 33.6 Å². The maximum atomic E-state index is 4.61. The molecule has 1 aliphatic rings. The van der Waals surface area contributed by atoms with E-state index in [9.17, 15) is 0 Å². The molecule has 1 heterocycles. The summed E-state index contributed by atoms with van der Waals surface area (Å²) < 4.78 is 0. The number of aryl methyl sites for hydroxylation is 1. The van der Waals surface area contributed by atoms with Crippen molar-refractivity contribution < 1.29 is 0 Å². The van der Waals surface area contributed by atoms with E-state index < -0.39 is 0 Å². The van der Waals surface area contributed by atoms with E-state index in [4.69, 9.17) is 0 Å². The van der Waals surface area contributed by atoms with Crippen LogP contribution in [-0.2, 0) is 0 Å². The molecule has 0 aliphatic heterocycles. The van der Waals surface area contributed by atoms with Gasteiger partial charge in [-0.2, -0.15) is 0 Å². The van der Waals surface area contributed by atoms with Gasteiger partial charge in [0.2, 0.25) is 0 Å². The molecule has 0 amide bonds. The minimum Gasteiger partial charge on any atom is -0.373 e. The molecule has 4 heteroatoms. The maximum Gasteiger partial charge on any atom is 0.137 e. The molecule has 1 aromatic heterocycles. The monoisotopic (exact) mass is 234 g/mol. The third kappa shape index (κ3) is 2.68. The summed E-state index contributed by atoms with van der Waals surface area (Å²) in [6.45, 7) is 8.39. The molecule has 2 rings (SSSR count). The molecule has 0 saturated heterocycles. The van der Waals surface area contributed by atoms with Crippen LogP contribution in [0.2, 0.25) is 0 Å². The molecule has 1 aliphatic carbocycles. The predicted octanol–water partition coefficient (Wildman–Crippen LogP) is 2.37. The van der Waals surface area contributed by atoms with Crippen LogP contribution >= 0.6 is 0 Å². The van der Waals surface area contributed by atoms with Gasteiger partial charge in [0, 0.05) is 25.7 Å². The van der Waals surface area contributed by atoms with Gasteiger partial charge in [0.25, 0.3) is 0 Å². The summed E-state index contributed by atoms with van der Waals surface area (Å²) in [6, 6.07) is 0. The van der Waals surface area contributed by atoms with Crippen molar-refractivity contribution in [1.82, 2.24) is 9.97 Å². The Labute approximate surface area is 103 Å². The van der Waals surface area contributed by atoms with Gasteiger partial charge in [-0.25, -0.2) is 9.97 Å². The number of hydrogen-bond acceptors (Lipinski definition) is 4. The molecule has 0 radical (unpaired) electrons. The number of rotatable bonds is 5. The van der Waals surface area contributed by atoms with E-state index in [2.05, 4.69) is 34.0 Å². The summed E-state index contributed by atoms with van der Waals surface area (Å²) in [6.07, 6.45) is 2.75. The Morgan fingerprint density at radius 1 is 1.29 bits per heavy atom. The SMILES string of the molecule is CCN(CC1CC1)c1nc(C)nc(NC)c1C. The van der Waals surface area contributed by atoms with Crippen LogP contribution in [-0.4, -0.2) is 30.1 Å². The fourth-order valence-corrected chi connectivity index (χ4v) is 2.14. The second-order valence-corrected chi connectivity index (χ2v) is 4.80. The minimum atomic E-state index is 0.837. The molecular weight excluding hydrogens is 212 g/mol. The van der Waals surface area contributed by atoms with Crippen molar-refractivity contribution >= 4 is 11.6 Å². The molecule has 1 N–H and O–H groups in total. The average Bonchev–Trinajstić information content (AvgIpc) is 3.12. The highest BCUT2D eigenvalue weighted by Gasteiger charge is 2.25. The van der Waals surface area contributed by atoms with Crippen molar-refractivity contribution in [3.8, 4) is 0 Å². The lowest BCUT2D eigenvalue weighted by atomic mass is 10.2. The first-order valence-electron chi connectivity index (χ1n) is 6.43. The van der Waals surface area contributed by atoms with Crippen molar-refractivity contribution in [2.24, 2.45) is 5.92 Å². The highest BCUT2D eigenvalue weighted by atomic mass is 15.2. The van der Waals surface area contributed by atoms with Gasteiger partial charge >= 0.3 is 0 Å². The molecule has 0 atom stereocenters. The largest absolute Gasteiger partial charge is 0.373 e. The Kier molecular flexibility index (Phi) is 3.50. The molecule has 1 fully saturated rings. The average molecular weight is 234 g/mol. The normalized spacial score (nSPS) is 14.8. The van der Waals surface area contributed by atoms with Gasteiger partial charge < -0.3 is 10.2 Å². The number of hydrogen-bond donors (Lipinski definition) is 1. The van der Waals surface area contributed by atoms with Gasteiger partial charge in [0.05, 0.1) is 0 Å². The van der Waals surface area contributed by atoms with Crippen molar-refractivity contribution in [3.05, 3.63) is 11.4 Å². The van der Waals surface area contributed by atoms with Gasteiger partial charge in [-0.15, -0.1) is 0 Å². The summed E-state index contributed by atoms with van der Waals surface area (Å²) in [5, 5.41) is 3.15. The Morgan fingerprint density at radius 2 is 2.00 bits per heavy atom. The molecule has 0 bridgehead atoms. The number of nitrogens with one attached hydrogen (secondary N) is 1. The van der Waals surface area contributed by atoms with Crippen LogP contribution in [0.1, 0.15) is 31.2 Å². The second kappa shape index (κ2) is 4.90. The van der Waals surface area contributed by atoms with Crippen LogP contribution in [0.5, 0.6) is 0 Å². The van der Waals surface area contributed by atoms with Crippen molar-refractivity contribution in [1.29, 1.82) is 0 Å². The summed E-state index contributed by atoms with van der Waals surface area (Å²) in [5.74, 6) is 3.75. The molecule has 1 saturated carbocycles. The molecule has 0 unspecified atom stereocenters. The fraction of sp³-hybridized carbons (Fsp3) is 0.692. The first kappa shape index (κ1) is 12.1. The molecule has 94 valence electrons. The van der Waals surface area contributed by atoms with E-state index in [0.29, 0.717) is 0 Å². The van der Waals surface area contributed by atoms with Crippen LogP contribution in [0.15, 0.2) is 0 Å². The Morgan fingerprint density at radius 3 is 2.53 bits per heavy atom. The first-order valence-corrected chi connectivity index (χ1v) is 6.43. The van der Waals surface area contributed by atoms with Gasteiger partial charge in [0.15, 0.2) is 0 Å². The number of aromatic nitrogens is 2. The summed E-state index contributed by atoms with van der Waals surface area (Å²) in [7, 11) is 1.91. The van der Waals surface area contributed by atoms with Crippen LogP contribution in [0.3, 0.4) is 0 Å². The van der Waals surface area contributed by atoms with E-state index in [1.807, 2.05) is 14.0 Å². The zero-order valence-corrected chi connectivity index (χ0v) is 11.2. The van der Waals surface area contributed by atoms with Gasteiger partial charge in [0.1, 0.15) is 17.5 Å². The summed E-state index contributed by atoms with van der Waals surface area (Å²) >= 11 is 0. The summed E-state index contributed by atoms with van der Waals surface area (Å²) in [4.78, 5) is 11.4. The smallest absolute Gasteiger partial charge is 0.137 e. The topological polar surface area (TPSA) is 41.1 Å². The molecule has 1 aromatic rings. The zero-order chi connectivity index (χ0) is 12.4. The van der Waals surface area contributed by atoms with Crippen LogP contribution in [0.4, 0.5) is 11.6 Å². The van der Waals surface area contributed by atoms with E-state index in [1.54, 1.807) is 0 Å². The molecule has 0 spiro atoms. The fourth-order valence-electron chi connectivity index (χ4n) is 2.14. The van der Waals surface area contributed by atoms with Crippen molar-refractivity contribution in [2.75, 3.05) is 30.4 Å². The van der Waals surface area contributed by atoms with E-state index in [0.717, 1.165) is 42.0 Å². The second-order valence-electron chi connectivity index (χ2n) is 4.80. The maximum absolute atomic E-state index is 4.61.